The molecule has 2 aromatic rings. The minimum Gasteiger partial charge on any atom is -0.364 e. The number of amides is 1. The Morgan fingerprint density at radius 1 is 1.24 bits per heavy atom. The van der Waals surface area contributed by atoms with Crippen LogP contribution in [0, 0.1) is 24.4 Å². The van der Waals surface area contributed by atoms with Crippen LogP contribution in [0.15, 0.2) is 12.1 Å². The molecule has 0 fully saturated rings. The second-order valence-electron chi connectivity index (χ2n) is 3.57. The standard InChI is InChI=1S/C11H7F3N2O/c1-4-2-7(11(15)17)16-10-5(4)3-6(12)8(13)9(10)14/h2-3H,1H3,(H2,15,17). The first-order chi connectivity index (χ1) is 7.91. The summed E-state index contributed by atoms with van der Waals surface area (Å²) in [6.45, 7) is 1.52. The number of aromatic nitrogens is 1. The lowest BCUT2D eigenvalue weighted by atomic mass is 10.1. The summed E-state index contributed by atoms with van der Waals surface area (Å²) in [4.78, 5) is 14.5. The first-order valence-corrected chi connectivity index (χ1v) is 4.66. The van der Waals surface area contributed by atoms with E-state index in [1.807, 2.05) is 0 Å². The number of hydrogen-bond acceptors (Lipinski definition) is 2. The van der Waals surface area contributed by atoms with E-state index in [0.717, 1.165) is 6.07 Å². The molecule has 1 aromatic heterocycles. The second-order valence-corrected chi connectivity index (χ2v) is 3.57. The summed E-state index contributed by atoms with van der Waals surface area (Å²) in [7, 11) is 0. The molecule has 0 bridgehead atoms. The topological polar surface area (TPSA) is 56.0 Å². The Balaban J connectivity index is 2.92. The summed E-state index contributed by atoms with van der Waals surface area (Å²) in [6.07, 6.45) is 0. The SMILES string of the molecule is Cc1cc(C(N)=O)nc2c(F)c(F)c(F)cc12. The fourth-order valence-corrected chi connectivity index (χ4v) is 1.56. The van der Waals surface area contributed by atoms with Crippen molar-refractivity contribution in [2.24, 2.45) is 5.73 Å². The lowest BCUT2D eigenvalue weighted by Crippen LogP contribution is -2.14. The number of fused-ring (bicyclic) bond motifs is 1. The molecule has 3 nitrogen and oxygen atoms in total. The zero-order chi connectivity index (χ0) is 12.7. The zero-order valence-corrected chi connectivity index (χ0v) is 8.72. The average molecular weight is 240 g/mol. The molecule has 2 rings (SSSR count). The van der Waals surface area contributed by atoms with Crippen LogP contribution in [0.2, 0.25) is 0 Å². The maximum atomic E-state index is 13.5. The Bertz CT molecular complexity index is 640. The van der Waals surface area contributed by atoms with Crippen molar-refractivity contribution in [1.82, 2.24) is 4.98 Å². The van der Waals surface area contributed by atoms with Crippen molar-refractivity contribution in [1.29, 1.82) is 0 Å². The summed E-state index contributed by atoms with van der Waals surface area (Å²) in [5.41, 5.74) is 4.79. The van der Waals surface area contributed by atoms with Crippen molar-refractivity contribution in [3.8, 4) is 0 Å². The lowest BCUT2D eigenvalue weighted by Gasteiger charge is -2.06. The molecule has 2 N–H and O–H groups in total. The van der Waals surface area contributed by atoms with Crippen LogP contribution in [0.5, 0.6) is 0 Å². The fourth-order valence-electron chi connectivity index (χ4n) is 1.56. The number of nitrogens with two attached hydrogens (primary N) is 1. The molecule has 1 aromatic carbocycles. The number of carbonyl (C=O) groups is 1. The molecular formula is C11H7F3N2O. The van der Waals surface area contributed by atoms with E-state index in [0.29, 0.717) is 5.56 Å². The van der Waals surface area contributed by atoms with E-state index in [-0.39, 0.29) is 11.1 Å². The maximum absolute atomic E-state index is 13.5. The molecule has 0 unspecified atom stereocenters. The van der Waals surface area contributed by atoms with Gasteiger partial charge in [0.15, 0.2) is 17.5 Å². The number of rotatable bonds is 1. The van der Waals surface area contributed by atoms with Crippen LogP contribution in [0.1, 0.15) is 16.1 Å². The van der Waals surface area contributed by atoms with Crippen LogP contribution in [0.3, 0.4) is 0 Å². The third kappa shape index (κ3) is 1.71. The van der Waals surface area contributed by atoms with E-state index < -0.39 is 28.9 Å². The highest BCUT2D eigenvalue weighted by atomic mass is 19.2. The van der Waals surface area contributed by atoms with Crippen LogP contribution in [0.4, 0.5) is 13.2 Å². The van der Waals surface area contributed by atoms with Gasteiger partial charge in [-0.3, -0.25) is 4.79 Å². The normalized spacial score (nSPS) is 10.8. The van der Waals surface area contributed by atoms with E-state index >= 15 is 0 Å². The molecule has 0 aliphatic rings. The maximum Gasteiger partial charge on any atom is 0.267 e. The van der Waals surface area contributed by atoms with Crippen LogP contribution in [0.25, 0.3) is 10.9 Å². The Hall–Kier alpha value is -2.11. The van der Waals surface area contributed by atoms with Gasteiger partial charge in [-0.15, -0.1) is 0 Å². The second kappa shape index (κ2) is 3.73. The summed E-state index contributed by atoms with van der Waals surface area (Å²) < 4.78 is 39.5. The monoisotopic (exact) mass is 240 g/mol. The fraction of sp³-hybridized carbons (Fsp3) is 0.0909. The molecule has 0 radical (unpaired) electrons. The largest absolute Gasteiger partial charge is 0.364 e. The lowest BCUT2D eigenvalue weighted by molar-refractivity contribution is 0.0996. The van der Waals surface area contributed by atoms with Gasteiger partial charge in [-0.1, -0.05) is 0 Å². The van der Waals surface area contributed by atoms with E-state index in [1.165, 1.54) is 13.0 Å². The van der Waals surface area contributed by atoms with E-state index in [9.17, 15) is 18.0 Å². The number of aryl methyl sites for hydroxylation is 1. The van der Waals surface area contributed by atoms with Crippen molar-refractivity contribution in [2.45, 2.75) is 6.92 Å². The van der Waals surface area contributed by atoms with Gasteiger partial charge in [0.2, 0.25) is 0 Å². The molecule has 88 valence electrons. The molecule has 1 heterocycles. The summed E-state index contributed by atoms with van der Waals surface area (Å²) in [5, 5.41) is 0.103. The summed E-state index contributed by atoms with van der Waals surface area (Å²) >= 11 is 0. The molecule has 1 amide bonds. The summed E-state index contributed by atoms with van der Waals surface area (Å²) in [5.74, 6) is -5.21. The Morgan fingerprint density at radius 2 is 1.88 bits per heavy atom. The number of nitrogens with zero attached hydrogens (tertiary/aromatic N) is 1. The number of benzene rings is 1. The average Bonchev–Trinajstić information content (AvgIpc) is 2.27. The van der Waals surface area contributed by atoms with E-state index in [2.05, 4.69) is 4.98 Å². The minimum absolute atomic E-state index is 0.103. The van der Waals surface area contributed by atoms with Gasteiger partial charge in [0.25, 0.3) is 5.91 Å². The van der Waals surface area contributed by atoms with Gasteiger partial charge >= 0.3 is 0 Å². The zero-order valence-electron chi connectivity index (χ0n) is 8.72. The van der Waals surface area contributed by atoms with Crippen LogP contribution < -0.4 is 5.73 Å². The number of pyridine rings is 1. The number of hydrogen-bond donors (Lipinski definition) is 1. The molecule has 0 aliphatic heterocycles. The molecule has 0 spiro atoms. The van der Waals surface area contributed by atoms with Gasteiger partial charge in [-0.25, -0.2) is 18.2 Å². The van der Waals surface area contributed by atoms with Gasteiger partial charge in [0.05, 0.1) is 0 Å². The first kappa shape index (κ1) is 11.4. The molecule has 0 aliphatic carbocycles. The number of halogens is 3. The van der Waals surface area contributed by atoms with E-state index in [1.54, 1.807) is 0 Å². The van der Waals surface area contributed by atoms with Gasteiger partial charge in [-0.2, -0.15) is 0 Å². The summed E-state index contributed by atoms with van der Waals surface area (Å²) in [6, 6.07) is 2.13. The molecule has 17 heavy (non-hydrogen) atoms. The molecule has 6 heteroatoms. The van der Waals surface area contributed by atoms with Crippen molar-refractivity contribution in [3.63, 3.8) is 0 Å². The smallest absolute Gasteiger partial charge is 0.267 e. The van der Waals surface area contributed by atoms with Gasteiger partial charge in [0.1, 0.15) is 11.2 Å². The molecule has 0 atom stereocenters. The number of primary amides is 1. The molecular weight excluding hydrogens is 233 g/mol. The Labute approximate surface area is 94.1 Å². The third-order valence-corrected chi connectivity index (χ3v) is 2.40. The minimum atomic E-state index is -1.62. The van der Waals surface area contributed by atoms with Crippen molar-refractivity contribution < 1.29 is 18.0 Å². The highest BCUT2D eigenvalue weighted by molar-refractivity contribution is 5.95. The highest BCUT2D eigenvalue weighted by Crippen LogP contribution is 2.24. The van der Waals surface area contributed by atoms with E-state index in [4.69, 9.17) is 5.73 Å². The molecule has 0 saturated carbocycles. The third-order valence-electron chi connectivity index (χ3n) is 2.40. The van der Waals surface area contributed by atoms with Crippen LogP contribution >= 0.6 is 0 Å². The quantitative estimate of drug-likeness (QED) is 0.775. The molecule has 0 saturated heterocycles. The van der Waals surface area contributed by atoms with Crippen LogP contribution in [-0.4, -0.2) is 10.9 Å². The van der Waals surface area contributed by atoms with Crippen molar-refractivity contribution >= 4 is 16.8 Å². The Morgan fingerprint density at radius 3 is 2.47 bits per heavy atom. The van der Waals surface area contributed by atoms with Crippen molar-refractivity contribution in [2.75, 3.05) is 0 Å². The predicted molar refractivity (Wildman–Crippen MR) is 54.9 cm³/mol. The van der Waals surface area contributed by atoms with Crippen molar-refractivity contribution in [3.05, 3.63) is 40.8 Å². The van der Waals surface area contributed by atoms with Gasteiger partial charge < -0.3 is 5.73 Å². The van der Waals surface area contributed by atoms with Gasteiger partial charge in [-0.05, 0) is 24.6 Å². The highest BCUT2D eigenvalue weighted by Gasteiger charge is 2.17. The first-order valence-electron chi connectivity index (χ1n) is 4.66. The Kier molecular flexibility index (Phi) is 2.49. The van der Waals surface area contributed by atoms with Gasteiger partial charge in [0, 0.05) is 5.39 Å². The predicted octanol–water partition coefficient (Wildman–Crippen LogP) is 2.06. The van der Waals surface area contributed by atoms with Crippen LogP contribution in [-0.2, 0) is 0 Å². The number of carbonyl (C=O) groups excluding carboxylic acids is 1.